The van der Waals surface area contributed by atoms with Crippen molar-refractivity contribution in [1.82, 2.24) is 15.1 Å². The molecule has 128 valence electrons. The number of carbonyl (C=O) groups is 2. The number of carbonyl (C=O) groups excluding carboxylic acids is 2. The van der Waals surface area contributed by atoms with Crippen molar-refractivity contribution in [1.29, 1.82) is 0 Å². The van der Waals surface area contributed by atoms with E-state index in [0.717, 1.165) is 25.9 Å². The molecule has 1 fully saturated rings. The lowest BCUT2D eigenvalue weighted by Crippen LogP contribution is -2.34. The van der Waals surface area contributed by atoms with Gasteiger partial charge in [-0.25, -0.2) is 0 Å². The maximum atomic E-state index is 12.1. The van der Waals surface area contributed by atoms with E-state index in [1.54, 1.807) is 0 Å². The Bertz CT molecular complexity index is 359. The molecule has 6 heteroatoms. The van der Waals surface area contributed by atoms with Crippen molar-refractivity contribution in [2.24, 2.45) is 5.92 Å². The minimum absolute atomic E-state index is 0.00648. The summed E-state index contributed by atoms with van der Waals surface area (Å²) in [7, 11) is 4.04. The number of ether oxygens (including phenoxy) is 1. The van der Waals surface area contributed by atoms with Crippen LogP contribution in [0.5, 0.6) is 0 Å². The predicted octanol–water partition coefficient (Wildman–Crippen LogP) is 0.718. The van der Waals surface area contributed by atoms with Gasteiger partial charge in [0.05, 0.1) is 12.0 Å². The first-order valence-electron chi connectivity index (χ1n) is 8.22. The highest BCUT2D eigenvalue weighted by molar-refractivity contribution is 5.89. The standard InChI is InChI=1S/C16H31N3O3/c1-13(2)22-10-5-7-17-16(21)14-11-15(20)19(12-14)9-6-8-18(3)4/h13-14H,5-12H2,1-4H3,(H,17,21). The van der Waals surface area contributed by atoms with Crippen LogP contribution in [0.1, 0.15) is 33.1 Å². The van der Waals surface area contributed by atoms with Crippen molar-refractivity contribution in [3.05, 3.63) is 0 Å². The number of hydrogen-bond donors (Lipinski definition) is 1. The highest BCUT2D eigenvalue weighted by atomic mass is 16.5. The normalized spacial score (nSPS) is 18.5. The topological polar surface area (TPSA) is 61.9 Å². The monoisotopic (exact) mass is 313 g/mol. The van der Waals surface area contributed by atoms with E-state index in [1.807, 2.05) is 32.8 Å². The van der Waals surface area contributed by atoms with Gasteiger partial charge in [-0.1, -0.05) is 0 Å². The number of rotatable bonds is 10. The van der Waals surface area contributed by atoms with E-state index in [0.29, 0.717) is 26.1 Å². The van der Waals surface area contributed by atoms with Crippen molar-refractivity contribution < 1.29 is 14.3 Å². The van der Waals surface area contributed by atoms with Crippen LogP contribution < -0.4 is 5.32 Å². The number of nitrogens with one attached hydrogen (secondary N) is 1. The molecule has 0 aromatic rings. The molecule has 6 nitrogen and oxygen atoms in total. The minimum atomic E-state index is -0.196. The Balaban J connectivity index is 2.20. The van der Waals surface area contributed by atoms with Crippen molar-refractivity contribution in [3.63, 3.8) is 0 Å². The summed E-state index contributed by atoms with van der Waals surface area (Å²) in [5.41, 5.74) is 0. The summed E-state index contributed by atoms with van der Waals surface area (Å²) in [5.74, 6) is -0.104. The summed E-state index contributed by atoms with van der Waals surface area (Å²) in [4.78, 5) is 27.9. The molecule has 1 N–H and O–H groups in total. The van der Waals surface area contributed by atoms with E-state index < -0.39 is 0 Å². The summed E-state index contributed by atoms with van der Waals surface area (Å²) < 4.78 is 5.43. The highest BCUT2D eigenvalue weighted by Gasteiger charge is 2.33. The molecule has 1 aliphatic heterocycles. The molecule has 1 saturated heterocycles. The maximum absolute atomic E-state index is 12.1. The number of hydrogen-bond acceptors (Lipinski definition) is 4. The Hall–Kier alpha value is -1.14. The Morgan fingerprint density at radius 3 is 2.77 bits per heavy atom. The van der Waals surface area contributed by atoms with Crippen molar-refractivity contribution in [2.45, 2.75) is 39.2 Å². The Morgan fingerprint density at radius 1 is 1.41 bits per heavy atom. The van der Waals surface area contributed by atoms with Crippen LogP contribution in [0.4, 0.5) is 0 Å². The van der Waals surface area contributed by atoms with Crippen molar-refractivity contribution in [2.75, 3.05) is 46.9 Å². The lowest BCUT2D eigenvalue weighted by Gasteiger charge is -2.18. The van der Waals surface area contributed by atoms with Gasteiger partial charge in [0, 0.05) is 32.7 Å². The lowest BCUT2D eigenvalue weighted by atomic mass is 10.1. The summed E-state index contributed by atoms with van der Waals surface area (Å²) in [6.45, 7) is 7.50. The zero-order valence-electron chi connectivity index (χ0n) is 14.4. The van der Waals surface area contributed by atoms with Crippen LogP contribution in [0.15, 0.2) is 0 Å². The molecule has 1 unspecified atom stereocenters. The van der Waals surface area contributed by atoms with E-state index in [2.05, 4.69) is 10.2 Å². The first-order chi connectivity index (χ1) is 10.4. The number of amides is 2. The Kier molecular flexibility index (Phi) is 8.42. The molecule has 0 aromatic heterocycles. The summed E-state index contributed by atoms with van der Waals surface area (Å²) in [5, 5.41) is 2.91. The zero-order chi connectivity index (χ0) is 16.5. The summed E-state index contributed by atoms with van der Waals surface area (Å²) in [6, 6.07) is 0. The predicted molar refractivity (Wildman–Crippen MR) is 86.6 cm³/mol. The van der Waals surface area contributed by atoms with Gasteiger partial charge in [-0.05, 0) is 47.3 Å². The highest BCUT2D eigenvalue weighted by Crippen LogP contribution is 2.18. The molecule has 0 aliphatic carbocycles. The van der Waals surface area contributed by atoms with Crippen LogP contribution in [0.2, 0.25) is 0 Å². The van der Waals surface area contributed by atoms with E-state index in [9.17, 15) is 9.59 Å². The average Bonchev–Trinajstić information content (AvgIpc) is 2.79. The van der Waals surface area contributed by atoms with E-state index in [-0.39, 0.29) is 23.8 Å². The first-order valence-corrected chi connectivity index (χ1v) is 8.22. The molecule has 0 saturated carbocycles. The molecular formula is C16H31N3O3. The summed E-state index contributed by atoms with van der Waals surface area (Å²) in [6.07, 6.45) is 2.31. The number of likely N-dealkylation sites (tertiary alicyclic amines) is 1. The smallest absolute Gasteiger partial charge is 0.225 e. The van der Waals surface area contributed by atoms with Crippen LogP contribution in [0.3, 0.4) is 0 Å². The molecular weight excluding hydrogens is 282 g/mol. The van der Waals surface area contributed by atoms with Crippen LogP contribution in [-0.4, -0.2) is 74.6 Å². The molecule has 1 rings (SSSR count). The van der Waals surface area contributed by atoms with Gasteiger partial charge in [0.2, 0.25) is 11.8 Å². The van der Waals surface area contributed by atoms with Gasteiger partial charge < -0.3 is 19.9 Å². The van der Waals surface area contributed by atoms with E-state index in [4.69, 9.17) is 4.74 Å². The largest absolute Gasteiger partial charge is 0.379 e. The molecule has 0 radical (unpaired) electrons. The molecule has 0 spiro atoms. The second-order valence-electron chi connectivity index (χ2n) is 6.46. The molecule has 1 aliphatic rings. The van der Waals surface area contributed by atoms with Crippen LogP contribution in [-0.2, 0) is 14.3 Å². The molecule has 0 aromatic carbocycles. The fourth-order valence-corrected chi connectivity index (χ4v) is 2.49. The molecule has 22 heavy (non-hydrogen) atoms. The van der Waals surface area contributed by atoms with Crippen LogP contribution in [0.25, 0.3) is 0 Å². The third-order valence-electron chi connectivity index (χ3n) is 3.69. The second-order valence-corrected chi connectivity index (χ2v) is 6.46. The van der Waals surface area contributed by atoms with Crippen LogP contribution >= 0.6 is 0 Å². The lowest BCUT2D eigenvalue weighted by molar-refractivity contribution is -0.129. The quantitative estimate of drug-likeness (QED) is 0.604. The van der Waals surface area contributed by atoms with Gasteiger partial charge in [-0.3, -0.25) is 9.59 Å². The second kappa shape index (κ2) is 9.79. The zero-order valence-corrected chi connectivity index (χ0v) is 14.4. The molecule has 0 bridgehead atoms. The Labute approximate surface area is 134 Å². The van der Waals surface area contributed by atoms with Gasteiger partial charge in [-0.2, -0.15) is 0 Å². The van der Waals surface area contributed by atoms with Gasteiger partial charge >= 0.3 is 0 Å². The van der Waals surface area contributed by atoms with Gasteiger partial charge in [-0.15, -0.1) is 0 Å². The minimum Gasteiger partial charge on any atom is -0.379 e. The SMILES string of the molecule is CC(C)OCCCNC(=O)C1CC(=O)N(CCCN(C)C)C1. The third-order valence-corrected chi connectivity index (χ3v) is 3.69. The molecule has 1 atom stereocenters. The third kappa shape index (κ3) is 7.22. The Morgan fingerprint density at radius 2 is 2.14 bits per heavy atom. The molecule has 2 amide bonds. The van der Waals surface area contributed by atoms with Gasteiger partial charge in [0.25, 0.3) is 0 Å². The fraction of sp³-hybridized carbons (Fsp3) is 0.875. The summed E-state index contributed by atoms with van der Waals surface area (Å²) >= 11 is 0. The number of nitrogens with zero attached hydrogens (tertiary/aromatic N) is 2. The molecule has 1 heterocycles. The maximum Gasteiger partial charge on any atom is 0.225 e. The fourth-order valence-electron chi connectivity index (χ4n) is 2.49. The van der Waals surface area contributed by atoms with Gasteiger partial charge in [0.1, 0.15) is 0 Å². The van der Waals surface area contributed by atoms with Crippen LogP contribution in [0, 0.1) is 5.92 Å². The average molecular weight is 313 g/mol. The van der Waals surface area contributed by atoms with Gasteiger partial charge in [0.15, 0.2) is 0 Å². The van der Waals surface area contributed by atoms with E-state index >= 15 is 0 Å². The first kappa shape index (κ1) is 18.9. The van der Waals surface area contributed by atoms with E-state index in [1.165, 1.54) is 0 Å². The van der Waals surface area contributed by atoms with Crippen molar-refractivity contribution in [3.8, 4) is 0 Å². The van der Waals surface area contributed by atoms with Crippen molar-refractivity contribution >= 4 is 11.8 Å².